The van der Waals surface area contributed by atoms with E-state index in [0.717, 1.165) is 30.6 Å². The standard InChI is InChI=1S/C26H32O3/c1-3-25(27)24(26(28)4-2)18-11-6-5-8-13-21-16-12-17-23(19-21)29-20-22-14-9-7-10-15-22/h5-7,9-10,12,14-17,19,24H,3-4,8,11,13,18,20H2,1-2H3. The maximum absolute atomic E-state index is 11.9. The van der Waals surface area contributed by atoms with Crippen LogP contribution in [0.2, 0.25) is 0 Å². The predicted octanol–water partition coefficient (Wildman–Crippen LogP) is 6.11. The normalized spacial score (nSPS) is 11.1. The van der Waals surface area contributed by atoms with Gasteiger partial charge < -0.3 is 4.74 Å². The van der Waals surface area contributed by atoms with Crippen LogP contribution in [0.4, 0.5) is 0 Å². The second kappa shape index (κ2) is 12.7. The lowest BCUT2D eigenvalue weighted by Crippen LogP contribution is -2.22. The highest BCUT2D eigenvalue weighted by atomic mass is 16.5. The molecule has 0 N–H and O–H groups in total. The molecule has 0 saturated carbocycles. The number of benzene rings is 2. The first-order valence-corrected chi connectivity index (χ1v) is 10.6. The molecule has 154 valence electrons. The van der Waals surface area contributed by atoms with Crippen LogP contribution in [-0.2, 0) is 22.6 Å². The molecule has 0 aromatic heterocycles. The number of allylic oxidation sites excluding steroid dienone is 2. The van der Waals surface area contributed by atoms with E-state index < -0.39 is 5.92 Å². The maximum atomic E-state index is 11.9. The molecule has 0 saturated heterocycles. The fourth-order valence-electron chi connectivity index (χ4n) is 3.27. The number of carbonyl (C=O) groups excluding carboxylic acids is 2. The van der Waals surface area contributed by atoms with Crippen molar-refractivity contribution in [2.75, 3.05) is 0 Å². The van der Waals surface area contributed by atoms with Gasteiger partial charge in [0, 0.05) is 12.8 Å². The van der Waals surface area contributed by atoms with Crippen molar-refractivity contribution >= 4 is 11.6 Å². The second-order valence-electron chi connectivity index (χ2n) is 7.20. The molecule has 0 amide bonds. The summed E-state index contributed by atoms with van der Waals surface area (Å²) in [6, 6.07) is 18.4. The SMILES string of the molecule is CCC(=O)C(CCC=CCCc1cccc(OCc2ccccc2)c1)C(=O)CC. The van der Waals surface area contributed by atoms with Crippen LogP contribution in [0.15, 0.2) is 66.7 Å². The molecule has 0 atom stereocenters. The van der Waals surface area contributed by atoms with Crippen LogP contribution in [0.25, 0.3) is 0 Å². The van der Waals surface area contributed by atoms with Gasteiger partial charge in [0.2, 0.25) is 0 Å². The maximum Gasteiger partial charge on any atom is 0.143 e. The van der Waals surface area contributed by atoms with Crippen molar-refractivity contribution in [2.24, 2.45) is 5.92 Å². The largest absolute Gasteiger partial charge is 0.489 e. The fourth-order valence-corrected chi connectivity index (χ4v) is 3.27. The van der Waals surface area contributed by atoms with Gasteiger partial charge in [-0.05, 0) is 48.9 Å². The van der Waals surface area contributed by atoms with Gasteiger partial charge in [0.25, 0.3) is 0 Å². The number of hydrogen-bond donors (Lipinski definition) is 0. The molecule has 0 fully saturated rings. The van der Waals surface area contributed by atoms with Crippen molar-refractivity contribution in [1.82, 2.24) is 0 Å². The van der Waals surface area contributed by atoms with E-state index in [2.05, 4.69) is 36.4 Å². The van der Waals surface area contributed by atoms with Crippen molar-refractivity contribution in [3.8, 4) is 5.75 Å². The molecule has 2 aromatic carbocycles. The Kier molecular flexibility index (Phi) is 9.91. The van der Waals surface area contributed by atoms with E-state index in [0.29, 0.717) is 25.9 Å². The van der Waals surface area contributed by atoms with Crippen LogP contribution in [0, 0.1) is 5.92 Å². The molecular formula is C26H32O3. The molecule has 0 unspecified atom stereocenters. The lowest BCUT2D eigenvalue weighted by atomic mass is 9.91. The Morgan fingerprint density at radius 2 is 1.52 bits per heavy atom. The Morgan fingerprint density at radius 3 is 2.21 bits per heavy atom. The first-order chi connectivity index (χ1) is 14.1. The number of rotatable bonds is 13. The third-order valence-corrected chi connectivity index (χ3v) is 5.01. The average molecular weight is 393 g/mol. The quantitative estimate of drug-likeness (QED) is 0.305. The Morgan fingerprint density at radius 1 is 0.862 bits per heavy atom. The molecule has 0 aliphatic rings. The van der Waals surface area contributed by atoms with Gasteiger partial charge in [0.1, 0.15) is 23.9 Å². The number of ketones is 2. The van der Waals surface area contributed by atoms with E-state index >= 15 is 0 Å². The van der Waals surface area contributed by atoms with E-state index in [4.69, 9.17) is 4.74 Å². The number of Topliss-reactive ketones (excluding diaryl/α,β-unsaturated/α-hetero) is 2. The van der Waals surface area contributed by atoms with Crippen LogP contribution < -0.4 is 4.74 Å². The van der Waals surface area contributed by atoms with Gasteiger partial charge in [-0.15, -0.1) is 0 Å². The highest BCUT2D eigenvalue weighted by molar-refractivity contribution is 6.02. The van der Waals surface area contributed by atoms with Crippen molar-refractivity contribution in [3.63, 3.8) is 0 Å². The number of ether oxygens (including phenoxy) is 1. The fraction of sp³-hybridized carbons (Fsp3) is 0.385. The lowest BCUT2D eigenvalue weighted by Gasteiger charge is -2.11. The molecule has 0 aliphatic heterocycles. The third-order valence-electron chi connectivity index (χ3n) is 5.01. The van der Waals surface area contributed by atoms with Crippen molar-refractivity contribution in [3.05, 3.63) is 77.9 Å². The van der Waals surface area contributed by atoms with Crippen LogP contribution in [0.5, 0.6) is 5.75 Å². The highest BCUT2D eigenvalue weighted by Gasteiger charge is 2.22. The summed E-state index contributed by atoms with van der Waals surface area (Å²) in [7, 11) is 0. The average Bonchev–Trinajstić information content (AvgIpc) is 2.77. The van der Waals surface area contributed by atoms with Gasteiger partial charge in [-0.2, -0.15) is 0 Å². The first-order valence-electron chi connectivity index (χ1n) is 10.6. The van der Waals surface area contributed by atoms with Gasteiger partial charge in [0.05, 0.1) is 5.92 Å². The Balaban J connectivity index is 1.75. The van der Waals surface area contributed by atoms with Gasteiger partial charge >= 0.3 is 0 Å². The minimum Gasteiger partial charge on any atom is -0.489 e. The topological polar surface area (TPSA) is 43.4 Å². The predicted molar refractivity (Wildman–Crippen MR) is 118 cm³/mol. The summed E-state index contributed by atoms with van der Waals surface area (Å²) in [5.41, 5.74) is 2.39. The molecule has 0 heterocycles. The van der Waals surface area contributed by atoms with Crippen molar-refractivity contribution < 1.29 is 14.3 Å². The number of aryl methyl sites for hydroxylation is 1. The minimum absolute atomic E-state index is 0.0672. The molecule has 2 rings (SSSR count). The summed E-state index contributed by atoms with van der Waals surface area (Å²) in [4.78, 5) is 23.9. The van der Waals surface area contributed by atoms with E-state index in [1.165, 1.54) is 5.56 Å². The van der Waals surface area contributed by atoms with Crippen LogP contribution >= 0.6 is 0 Å². The summed E-state index contributed by atoms with van der Waals surface area (Å²) in [5.74, 6) is 0.595. The first kappa shape index (κ1) is 22.6. The molecule has 3 nitrogen and oxygen atoms in total. The van der Waals surface area contributed by atoms with E-state index in [1.807, 2.05) is 44.2 Å². The highest BCUT2D eigenvalue weighted by Crippen LogP contribution is 2.17. The van der Waals surface area contributed by atoms with Gasteiger partial charge in [-0.25, -0.2) is 0 Å². The molecule has 0 bridgehead atoms. The molecule has 2 aromatic rings. The Labute approximate surface area is 174 Å². The summed E-state index contributed by atoms with van der Waals surface area (Å²) >= 11 is 0. The van der Waals surface area contributed by atoms with Crippen molar-refractivity contribution in [2.45, 2.75) is 59.0 Å². The summed E-state index contributed by atoms with van der Waals surface area (Å²) in [5, 5.41) is 0. The Hall–Kier alpha value is -2.68. The third kappa shape index (κ3) is 8.06. The number of hydrogen-bond acceptors (Lipinski definition) is 3. The van der Waals surface area contributed by atoms with Crippen LogP contribution in [0.3, 0.4) is 0 Å². The van der Waals surface area contributed by atoms with E-state index in [-0.39, 0.29) is 11.6 Å². The zero-order valence-corrected chi connectivity index (χ0v) is 17.6. The summed E-state index contributed by atoms with van der Waals surface area (Å²) < 4.78 is 5.89. The molecule has 29 heavy (non-hydrogen) atoms. The molecule has 3 heteroatoms. The van der Waals surface area contributed by atoms with E-state index in [1.54, 1.807) is 0 Å². The van der Waals surface area contributed by atoms with Gasteiger partial charge in [-0.3, -0.25) is 9.59 Å². The summed E-state index contributed by atoms with van der Waals surface area (Å²) in [6.07, 6.45) is 8.35. The monoisotopic (exact) mass is 392 g/mol. The van der Waals surface area contributed by atoms with Crippen LogP contribution in [0.1, 0.15) is 57.1 Å². The van der Waals surface area contributed by atoms with Gasteiger partial charge in [-0.1, -0.05) is 68.5 Å². The summed E-state index contributed by atoms with van der Waals surface area (Å²) in [6.45, 7) is 4.22. The molecule has 0 aliphatic carbocycles. The lowest BCUT2D eigenvalue weighted by molar-refractivity contribution is -0.132. The second-order valence-corrected chi connectivity index (χ2v) is 7.20. The van der Waals surface area contributed by atoms with Gasteiger partial charge in [0.15, 0.2) is 0 Å². The van der Waals surface area contributed by atoms with Crippen molar-refractivity contribution in [1.29, 1.82) is 0 Å². The molecule has 0 radical (unpaired) electrons. The smallest absolute Gasteiger partial charge is 0.143 e. The minimum atomic E-state index is -0.423. The van der Waals surface area contributed by atoms with E-state index in [9.17, 15) is 9.59 Å². The molecule has 0 spiro atoms. The Bertz CT molecular complexity index is 777. The number of carbonyl (C=O) groups is 2. The zero-order valence-electron chi connectivity index (χ0n) is 17.6. The molecular weight excluding hydrogens is 360 g/mol. The van der Waals surface area contributed by atoms with Crippen LogP contribution in [-0.4, -0.2) is 11.6 Å². The zero-order chi connectivity index (χ0) is 20.9.